The minimum atomic E-state index is -0.0748. The van der Waals surface area contributed by atoms with Gasteiger partial charge in [0.2, 0.25) is 0 Å². The van der Waals surface area contributed by atoms with Crippen LogP contribution in [0.2, 0.25) is 5.02 Å². The molecule has 31 heavy (non-hydrogen) atoms. The Balaban J connectivity index is 1.63. The summed E-state index contributed by atoms with van der Waals surface area (Å²) in [6.07, 6.45) is 4.71. The van der Waals surface area contributed by atoms with Crippen LogP contribution >= 0.6 is 34.7 Å². The number of carbonyl (C=O) groups is 1. The van der Waals surface area contributed by atoms with E-state index in [1.807, 2.05) is 12.1 Å². The lowest BCUT2D eigenvalue weighted by Gasteiger charge is -2.17. The van der Waals surface area contributed by atoms with Gasteiger partial charge < -0.3 is 4.98 Å². The Bertz CT molecular complexity index is 1320. The van der Waals surface area contributed by atoms with E-state index in [9.17, 15) is 9.59 Å². The molecule has 0 bridgehead atoms. The predicted molar refractivity (Wildman–Crippen MR) is 127 cm³/mol. The molecule has 8 heteroatoms. The van der Waals surface area contributed by atoms with Crippen molar-refractivity contribution in [2.75, 3.05) is 5.75 Å². The number of aromatic nitrogens is 3. The second kappa shape index (κ2) is 8.30. The van der Waals surface area contributed by atoms with E-state index in [0.29, 0.717) is 27.5 Å². The Hall–Kier alpha value is -2.35. The summed E-state index contributed by atoms with van der Waals surface area (Å²) >= 11 is 8.97. The lowest BCUT2D eigenvalue weighted by molar-refractivity contribution is 0.101. The average molecular weight is 470 g/mol. The van der Waals surface area contributed by atoms with Crippen molar-refractivity contribution in [2.45, 2.75) is 31.3 Å². The van der Waals surface area contributed by atoms with E-state index in [1.165, 1.54) is 16.6 Å². The summed E-state index contributed by atoms with van der Waals surface area (Å²) in [6, 6.07) is 10.7. The number of halogens is 1. The third-order valence-corrected chi connectivity index (χ3v) is 7.95. The number of hydrogen-bond acceptors (Lipinski definition) is 5. The first-order valence-electron chi connectivity index (χ1n) is 10.1. The molecular weight excluding hydrogens is 450 g/mol. The second-order valence-corrected chi connectivity index (χ2v) is 10.3. The topological polar surface area (TPSA) is 67.8 Å². The lowest BCUT2D eigenvalue weighted by Crippen LogP contribution is -2.23. The molecule has 5 nitrogen and oxygen atoms in total. The van der Waals surface area contributed by atoms with E-state index in [2.05, 4.69) is 11.9 Å². The Morgan fingerprint density at radius 2 is 2.13 bits per heavy atom. The van der Waals surface area contributed by atoms with E-state index in [4.69, 9.17) is 16.6 Å². The molecule has 0 radical (unpaired) electrons. The molecular formula is C23H20ClN3O2S2. The number of benzene rings is 1. The fraction of sp³-hybridized carbons (Fsp3) is 0.261. The molecule has 5 rings (SSSR count). The van der Waals surface area contributed by atoms with Gasteiger partial charge in [-0.2, -0.15) is 0 Å². The molecule has 0 amide bonds. The first-order chi connectivity index (χ1) is 15.0. The molecule has 1 atom stereocenters. The van der Waals surface area contributed by atoms with E-state index in [1.54, 1.807) is 46.4 Å². The van der Waals surface area contributed by atoms with Crippen LogP contribution in [0.25, 0.3) is 15.9 Å². The largest absolute Gasteiger partial charge is 0.359 e. The fourth-order valence-corrected chi connectivity index (χ4v) is 6.44. The highest BCUT2D eigenvalue weighted by molar-refractivity contribution is 7.99. The number of thiophene rings is 1. The molecule has 1 aromatic carbocycles. The number of aromatic amines is 1. The van der Waals surface area contributed by atoms with Crippen LogP contribution in [-0.2, 0) is 12.8 Å². The Labute approximate surface area is 192 Å². The highest BCUT2D eigenvalue weighted by atomic mass is 35.5. The van der Waals surface area contributed by atoms with E-state index in [0.717, 1.165) is 35.0 Å². The molecule has 3 heterocycles. The minimum absolute atomic E-state index is 0.0358. The number of nitrogens with one attached hydrogen (secondary N) is 1. The number of hydrogen-bond donors (Lipinski definition) is 1. The average Bonchev–Trinajstić information content (AvgIpc) is 3.40. The number of carbonyl (C=O) groups excluding carboxylic acids is 1. The zero-order valence-corrected chi connectivity index (χ0v) is 19.2. The van der Waals surface area contributed by atoms with Gasteiger partial charge >= 0.3 is 0 Å². The van der Waals surface area contributed by atoms with Gasteiger partial charge in [-0.1, -0.05) is 30.3 Å². The first kappa shape index (κ1) is 20.5. The highest BCUT2D eigenvalue weighted by Crippen LogP contribution is 2.37. The summed E-state index contributed by atoms with van der Waals surface area (Å²) in [6.45, 7) is 2.25. The maximum atomic E-state index is 13.7. The number of fused-ring (bicyclic) bond motifs is 3. The van der Waals surface area contributed by atoms with Gasteiger partial charge in [-0.05, 0) is 67.1 Å². The Morgan fingerprint density at radius 1 is 1.32 bits per heavy atom. The number of aryl methyl sites for hydroxylation is 1. The van der Waals surface area contributed by atoms with Gasteiger partial charge in [-0.3, -0.25) is 14.2 Å². The molecule has 1 aliphatic carbocycles. The third kappa shape index (κ3) is 3.86. The molecule has 4 aromatic rings. The van der Waals surface area contributed by atoms with Crippen LogP contribution in [0.5, 0.6) is 0 Å². The maximum Gasteiger partial charge on any atom is 0.267 e. The van der Waals surface area contributed by atoms with E-state index in [-0.39, 0.29) is 17.1 Å². The van der Waals surface area contributed by atoms with Crippen molar-refractivity contribution in [3.63, 3.8) is 0 Å². The van der Waals surface area contributed by atoms with Gasteiger partial charge in [-0.15, -0.1) is 11.3 Å². The number of thioether (sulfide) groups is 1. The third-order valence-electron chi connectivity index (χ3n) is 5.61. The summed E-state index contributed by atoms with van der Waals surface area (Å²) < 4.78 is 1.62. The predicted octanol–water partition coefficient (Wildman–Crippen LogP) is 5.53. The van der Waals surface area contributed by atoms with Crippen molar-refractivity contribution in [1.82, 2.24) is 14.5 Å². The van der Waals surface area contributed by atoms with E-state index < -0.39 is 0 Å². The standard InChI is InChI=1S/C23H20ClN3O2S2/c1-13-4-9-16-19(11-13)31-21-20(16)22(29)27(15-7-5-14(24)6-8-15)23(26-21)30-12-18(28)17-3-2-10-25-17/h2-3,5-8,10,13,25H,4,9,11-12H2,1H3. The van der Waals surface area contributed by atoms with Crippen molar-refractivity contribution in [3.05, 3.63) is 74.1 Å². The molecule has 0 fully saturated rings. The first-order valence-corrected chi connectivity index (χ1v) is 12.3. The number of ketones is 1. The molecule has 1 N–H and O–H groups in total. The van der Waals surface area contributed by atoms with Gasteiger partial charge in [0, 0.05) is 16.1 Å². The van der Waals surface area contributed by atoms with Crippen molar-refractivity contribution < 1.29 is 4.79 Å². The molecule has 158 valence electrons. The summed E-state index contributed by atoms with van der Waals surface area (Å²) in [5.74, 6) is 0.770. The van der Waals surface area contributed by atoms with Crippen LogP contribution in [-0.4, -0.2) is 26.1 Å². The van der Waals surface area contributed by atoms with Gasteiger partial charge in [0.25, 0.3) is 5.56 Å². The van der Waals surface area contributed by atoms with Gasteiger partial charge in [-0.25, -0.2) is 4.98 Å². The number of rotatable bonds is 5. The molecule has 3 aromatic heterocycles. The molecule has 1 unspecified atom stereocenters. The van der Waals surface area contributed by atoms with Crippen LogP contribution in [0.3, 0.4) is 0 Å². The lowest BCUT2D eigenvalue weighted by atomic mass is 9.89. The molecule has 0 spiro atoms. The van der Waals surface area contributed by atoms with Crippen LogP contribution in [0, 0.1) is 5.92 Å². The quantitative estimate of drug-likeness (QED) is 0.237. The number of H-pyrrole nitrogens is 1. The van der Waals surface area contributed by atoms with Crippen LogP contribution in [0.4, 0.5) is 0 Å². The van der Waals surface area contributed by atoms with Crippen molar-refractivity contribution in [3.8, 4) is 5.69 Å². The molecule has 0 saturated heterocycles. The summed E-state index contributed by atoms with van der Waals surface area (Å²) in [7, 11) is 0. The SMILES string of the molecule is CC1CCc2c(sc3nc(SCC(=O)c4ccc[nH]4)n(-c4ccc(Cl)cc4)c(=O)c23)C1. The van der Waals surface area contributed by atoms with Crippen LogP contribution in [0.1, 0.15) is 34.3 Å². The van der Waals surface area contributed by atoms with Gasteiger partial charge in [0.1, 0.15) is 4.83 Å². The summed E-state index contributed by atoms with van der Waals surface area (Å²) in [5.41, 5.74) is 2.32. The summed E-state index contributed by atoms with van der Waals surface area (Å²) in [5, 5.41) is 1.84. The molecule has 0 aliphatic heterocycles. The Morgan fingerprint density at radius 3 is 2.87 bits per heavy atom. The van der Waals surface area contributed by atoms with Crippen LogP contribution < -0.4 is 5.56 Å². The Kier molecular flexibility index (Phi) is 5.50. The molecule has 0 saturated carbocycles. The second-order valence-electron chi connectivity index (χ2n) is 7.84. The normalized spacial score (nSPS) is 15.9. The zero-order chi connectivity index (χ0) is 21.5. The smallest absolute Gasteiger partial charge is 0.267 e. The zero-order valence-electron chi connectivity index (χ0n) is 16.9. The van der Waals surface area contributed by atoms with Gasteiger partial charge in [0.05, 0.1) is 22.5 Å². The minimum Gasteiger partial charge on any atom is -0.359 e. The maximum absolute atomic E-state index is 13.7. The number of Topliss-reactive ketones (excluding diaryl/α,β-unsaturated/α-hetero) is 1. The highest BCUT2D eigenvalue weighted by Gasteiger charge is 2.25. The number of nitrogens with zero attached hydrogens (tertiary/aromatic N) is 2. The fourth-order valence-electron chi connectivity index (χ4n) is 4.00. The van der Waals surface area contributed by atoms with Crippen molar-refractivity contribution >= 4 is 50.7 Å². The van der Waals surface area contributed by atoms with E-state index >= 15 is 0 Å². The monoisotopic (exact) mass is 469 g/mol. The van der Waals surface area contributed by atoms with Gasteiger partial charge in [0.15, 0.2) is 10.9 Å². The van der Waals surface area contributed by atoms with Crippen molar-refractivity contribution in [1.29, 1.82) is 0 Å². The van der Waals surface area contributed by atoms with Crippen molar-refractivity contribution in [2.24, 2.45) is 5.92 Å². The van der Waals surface area contributed by atoms with Crippen LogP contribution in [0.15, 0.2) is 52.5 Å². The summed E-state index contributed by atoms with van der Waals surface area (Å²) in [4.78, 5) is 36.1. The molecule has 1 aliphatic rings.